The van der Waals surface area contributed by atoms with E-state index >= 15 is 0 Å². The lowest BCUT2D eigenvalue weighted by Crippen LogP contribution is -2.40. The molecule has 1 amide bonds. The third-order valence-electron chi connectivity index (χ3n) is 4.66. The van der Waals surface area contributed by atoms with Crippen LogP contribution in [0.5, 0.6) is 0 Å². The van der Waals surface area contributed by atoms with Gasteiger partial charge in [-0.05, 0) is 25.8 Å². The van der Waals surface area contributed by atoms with Gasteiger partial charge in [0, 0.05) is 31.8 Å². The summed E-state index contributed by atoms with van der Waals surface area (Å²) in [6.07, 6.45) is 2.10. The van der Waals surface area contributed by atoms with Crippen LogP contribution in [-0.4, -0.2) is 60.2 Å². The Bertz CT molecular complexity index is 1100. The van der Waals surface area contributed by atoms with Crippen molar-refractivity contribution in [2.45, 2.75) is 32.4 Å². The van der Waals surface area contributed by atoms with E-state index in [1.807, 2.05) is 6.92 Å². The molecule has 0 spiro atoms. The van der Waals surface area contributed by atoms with Crippen LogP contribution in [-0.2, 0) is 26.1 Å². The van der Waals surface area contributed by atoms with Crippen molar-refractivity contribution in [1.29, 1.82) is 0 Å². The maximum Gasteiger partial charge on any atom is 0.270 e. The van der Waals surface area contributed by atoms with Crippen LogP contribution < -0.4 is 4.80 Å². The van der Waals surface area contributed by atoms with Gasteiger partial charge in [0.25, 0.3) is 11.6 Å². The molecule has 1 aromatic heterocycles. The summed E-state index contributed by atoms with van der Waals surface area (Å²) in [5, 5.41) is 11.1. The molecule has 0 N–H and O–H groups in total. The highest BCUT2D eigenvalue weighted by atomic mass is 32.2. The lowest BCUT2D eigenvalue weighted by molar-refractivity contribution is -0.384. The van der Waals surface area contributed by atoms with Crippen LogP contribution in [0.2, 0.25) is 0 Å². The molecule has 0 saturated carbocycles. The molecular weight excluding hydrogens is 420 g/mol. The molecule has 158 valence electrons. The number of non-ortho nitro benzene ring substituents is 1. The Labute approximate surface area is 171 Å². The Hall–Kier alpha value is -2.15. The van der Waals surface area contributed by atoms with Crippen LogP contribution in [0.25, 0.3) is 10.2 Å². The SMILES string of the molecule is CCOCCn1c(=NC(=O)C2CCCN2S(C)(=O)=O)sc2cc([N+](=O)[O-])ccc21. The molecule has 2 aromatic rings. The molecule has 3 rings (SSSR count). The quantitative estimate of drug-likeness (QED) is 0.364. The van der Waals surface area contributed by atoms with E-state index in [9.17, 15) is 23.3 Å². The van der Waals surface area contributed by atoms with E-state index in [1.54, 1.807) is 10.6 Å². The standard InChI is InChI=1S/C17H22N4O6S2/c1-3-27-10-9-19-13-7-6-12(21(23)24)11-15(13)28-17(19)18-16(22)14-5-4-8-20(14)29(2,25)26/h6-7,11,14H,3-5,8-10H2,1-2H3. The van der Waals surface area contributed by atoms with Crippen molar-refractivity contribution < 1.29 is 22.9 Å². The Morgan fingerprint density at radius 3 is 2.86 bits per heavy atom. The zero-order valence-electron chi connectivity index (χ0n) is 16.1. The Balaban J connectivity index is 2.04. The van der Waals surface area contributed by atoms with Crippen molar-refractivity contribution in [3.8, 4) is 0 Å². The van der Waals surface area contributed by atoms with Crippen LogP contribution >= 0.6 is 11.3 Å². The van der Waals surface area contributed by atoms with Gasteiger partial charge in [-0.15, -0.1) is 0 Å². The number of ether oxygens (including phenoxy) is 1. The Morgan fingerprint density at radius 1 is 1.45 bits per heavy atom. The topological polar surface area (TPSA) is 124 Å². The molecule has 2 heterocycles. The van der Waals surface area contributed by atoms with E-state index in [1.165, 1.54) is 16.4 Å². The normalized spacial score (nSPS) is 18.6. The fourth-order valence-corrected chi connectivity index (χ4v) is 5.54. The summed E-state index contributed by atoms with van der Waals surface area (Å²) in [5.41, 5.74) is 0.658. The van der Waals surface area contributed by atoms with E-state index in [0.29, 0.717) is 54.2 Å². The predicted molar refractivity (Wildman–Crippen MR) is 108 cm³/mol. The van der Waals surface area contributed by atoms with E-state index in [2.05, 4.69) is 4.99 Å². The van der Waals surface area contributed by atoms with E-state index in [4.69, 9.17) is 4.74 Å². The minimum Gasteiger partial charge on any atom is -0.380 e. The van der Waals surface area contributed by atoms with Gasteiger partial charge in [-0.2, -0.15) is 9.30 Å². The number of benzene rings is 1. The van der Waals surface area contributed by atoms with Gasteiger partial charge in [-0.25, -0.2) is 8.42 Å². The van der Waals surface area contributed by atoms with Gasteiger partial charge in [0.2, 0.25) is 10.0 Å². The molecule has 1 aromatic carbocycles. The number of thiazole rings is 1. The summed E-state index contributed by atoms with van der Waals surface area (Å²) in [6, 6.07) is 3.65. The third kappa shape index (κ3) is 4.71. The van der Waals surface area contributed by atoms with Crippen molar-refractivity contribution in [2.75, 3.05) is 26.0 Å². The first-order chi connectivity index (χ1) is 13.7. The van der Waals surface area contributed by atoms with Crippen LogP contribution in [0.4, 0.5) is 5.69 Å². The van der Waals surface area contributed by atoms with Gasteiger partial charge in [0.1, 0.15) is 6.04 Å². The minimum atomic E-state index is -3.50. The van der Waals surface area contributed by atoms with E-state index < -0.39 is 26.9 Å². The van der Waals surface area contributed by atoms with Gasteiger partial charge in [0.05, 0.1) is 28.0 Å². The number of carbonyl (C=O) groups excluding carboxylic acids is 1. The molecule has 0 bridgehead atoms. The Morgan fingerprint density at radius 2 is 2.21 bits per heavy atom. The molecule has 1 fully saturated rings. The molecule has 1 saturated heterocycles. The first kappa shape index (κ1) is 21.6. The maximum atomic E-state index is 12.8. The monoisotopic (exact) mass is 442 g/mol. The molecule has 1 aliphatic heterocycles. The number of hydrogen-bond donors (Lipinski definition) is 0. The largest absolute Gasteiger partial charge is 0.380 e. The summed E-state index contributed by atoms with van der Waals surface area (Å²) >= 11 is 1.16. The molecule has 0 radical (unpaired) electrons. The first-order valence-electron chi connectivity index (χ1n) is 9.13. The van der Waals surface area contributed by atoms with Gasteiger partial charge >= 0.3 is 0 Å². The number of carbonyl (C=O) groups is 1. The Kier molecular flexibility index (Phi) is 6.46. The number of fused-ring (bicyclic) bond motifs is 1. The molecule has 1 atom stereocenters. The van der Waals surface area contributed by atoms with Crippen LogP contribution in [0.1, 0.15) is 19.8 Å². The van der Waals surface area contributed by atoms with Gasteiger partial charge < -0.3 is 9.30 Å². The number of rotatable bonds is 7. The fourth-order valence-electron chi connectivity index (χ4n) is 3.33. The number of nitrogens with zero attached hydrogens (tertiary/aromatic N) is 4. The zero-order valence-corrected chi connectivity index (χ0v) is 17.7. The third-order valence-corrected chi connectivity index (χ3v) is 6.99. The number of nitro benzene ring substituents is 1. The summed E-state index contributed by atoms with van der Waals surface area (Å²) in [7, 11) is -3.50. The minimum absolute atomic E-state index is 0.0485. The van der Waals surface area contributed by atoms with Crippen molar-refractivity contribution in [3.05, 3.63) is 33.1 Å². The number of amides is 1. The fraction of sp³-hybridized carbons (Fsp3) is 0.529. The first-order valence-corrected chi connectivity index (χ1v) is 11.8. The van der Waals surface area contributed by atoms with Gasteiger partial charge in [-0.1, -0.05) is 11.3 Å². The van der Waals surface area contributed by atoms with E-state index in [-0.39, 0.29) is 5.69 Å². The lowest BCUT2D eigenvalue weighted by atomic mass is 10.2. The molecule has 0 aliphatic carbocycles. The highest BCUT2D eigenvalue weighted by Crippen LogP contribution is 2.24. The summed E-state index contributed by atoms with van der Waals surface area (Å²) in [5.74, 6) is -0.529. The maximum absolute atomic E-state index is 12.8. The van der Waals surface area contributed by atoms with Crippen LogP contribution in [0, 0.1) is 10.1 Å². The van der Waals surface area contributed by atoms with Gasteiger partial charge in [-0.3, -0.25) is 14.9 Å². The van der Waals surface area contributed by atoms with Crippen molar-refractivity contribution in [3.63, 3.8) is 0 Å². The second-order valence-corrected chi connectivity index (χ2v) is 9.57. The molecule has 1 aliphatic rings. The highest BCUT2D eigenvalue weighted by Gasteiger charge is 2.36. The second-order valence-electron chi connectivity index (χ2n) is 6.62. The summed E-state index contributed by atoms with van der Waals surface area (Å²) in [6.45, 7) is 3.50. The number of sulfonamides is 1. The average Bonchev–Trinajstić information content (AvgIpc) is 3.26. The van der Waals surface area contributed by atoms with Gasteiger partial charge in [0.15, 0.2) is 4.80 Å². The summed E-state index contributed by atoms with van der Waals surface area (Å²) in [4.78, 5) is 28.0. The average molecular weight is 443 g/mol. The summed E-state index contributed by atoms with van der Waals surface area (Å²) < 4.78 is 32.8. The van der Waals surface area contributed by atoms with Crippen molar-refractivity contribution in [1.82, 2.24) is 8.87 Å². The number of aromatic nitrogens is 1. The molecule has 10 nitrogen and oxygen atoms in total. The molecule has 1 unspecified atom stereocenters. The van der Waals surface area contributed by atoms with Crippen molar-refractivity contribution in [2.24, 2.45) is 4.99 Å². The van der Waals surface area contributed by atoms with Crippen molar-refractivity contribution >= 4 is 43.2 Å². The zero-order chi connectivity index (χ0) is 21.2. The van der Waals surface area contributed by atoms with Crippen LogP contribution in [0.15, 0.2) is 23.2 Å². The number of hydrogen-bond acceptors (Lipinski definition) is 7. The highest BCUT2D eigenvalue weighted by molar-refractivity contribution is 7.88. The van der Waals surface area contributed by atoms with E-state index in [0.717, 1.165) is 17.6 Å². The molecule has 29 heavy (non-hydrogen) atoms. The predicted octanol–water partition coefficient (Wildman–Crippen LogP) is 1.50. The second kappa shape index (κ2) is 8.69. The number of nitro groups is 1. The molecular formula is C17H22N4O6S2. The van der Waals surface area contributed by atoms with Crippen LogP contribution in [0.3, 0.4) is 0 Å². The molecule has 12 heteroatoms. The smallest absolute Gasteiger partial charge is 0.270 e. The lowest BCUT2D eigenvalue weighted by Gasteiger charge is -2.18.